The summed E-state index contributed by atoms with van der Waals surface area (Å²) in [5.41, 5.74) is 14.6. The Morgan fingerprint density at radius 2 is 1.91 bits per heavy atom. The molecule has 6 heteroatoms. The molecule has 2 N–H and O–H groups in total. The van der Waals surface area contributed by atoms with E-state index in [-0.39, 0.29) is 11.3 Å². The van der Waals surface area contributed by atoms with Crippen LogP contribution >= 0.6 is 0 Å². The highest BCUT2D eigenvalue weighted by Crippen LogP contribution is 2.40. The number of carbonyl (C=O) groups excluding carboxylic acids is 1. The van der Waals surface area contributed by atoms with Crippen molar-refractivity contribution >= 4 is 5.91 Å². The van der Waals surface area contributed by atoms with E-state index in [0.29, 0.717) is 24.6 Å². The second-order valence-electron chi connectivity index (χ2n) is 9.75. The summed E-state index contributed by atoms with van der Waals surface area (Å²) in [6.07, 6.45) is 6.96. The molecule has 0 fully saturated rings. The number of aromatic nitrogens is 3. The highest BCUT2D eigenvalue weighted by atomic mass is 16.5. The van der Waals surface area contributed by atoms with E-state index in [1.807, 2.05) is 32.2 Å². The number of pyridine rings is 1. The molecule has 0 bridgehead atoms. The Balaban J connectivity index is 1.69. The van der Waals surface area contributed by atoms with Crippen LogP contribution in [-0.4, -0.2) is 21.0 Å². The molecule has 0 saturated heterocycles. The van der Waals surface area contributed by atoms with E-state index in [1.165, 1.54) is 16.8 Å². The molecule has 0 spiro atoms. The first-order chi connectivity index (χ1) is 15.2. The van der Waals surface area contributed by atoms with Crippen molar-refractivity contribution in [1.29, 1.82) is 0 Å². The summed E-state index contributed by atoms with van der Waals surface area (Å²) in [7, 11) is 0. The molecule has 0 saturated carbocycles. The molecule has 0 aliphatic heterocycles. The van der Waals surface area contributed by atoms with Gasteiger partial charge in [0.25, 0.3) is 5.89 Å². The van der Waals surface area contributed by atoms with Gasteiger partial charge in [0.1, 0.15) is 0 Å². The number of aryl methyl sites for hydroxylation is 3. The number of amides is 1. The van der Waals surface area contributed by atoms with Gasteiger partial charge in [-0.2, -0.15) is 4.98 Å². The average Bonchev–Trinajstić information content (AvgIpc) is 3.21. The second-order valence-corrected chi connectivity index (χ2v) is 9.75. The standard InChI is InChI=1S/C26H32N4O2/c1-6-22-20-13-26(4,5)10-9-19(20)21(14-28-22)25-29-24(30-32-25)17-11-15(2)18(16(3)12-17)7-8-23(27)31/h11-12,14H,6-10,13H2,1-5H3,(H2,27,31). The molecule has 4 rings (SSSR count). The Hall–Kier alpha value is -3.02. The van der Waals surface area contributed by atoms with Crippen molar-refractivity contribution in [2.45, 2.75) is 73.1 Å². The predicted octanol–water partition coefficient (Wildman–Crippen LogP) is 4.91. The van der Waals surface area contributed by atoms with Crippen LogP contribution in [0.5, 0.6) is 0 Å². The Bertz CT molecular complexity index is 1150. The molecule has 1 aromatic carbocycles. The molecule has 0 radical (unpaired) electrons. The fourth-order valence-electron chi connectivity index (χ4n) is 4.86. The summed E-state index contributed by atoms with van der Waals surface area (Å²) < 4.78 is 5.72. The van der Waals surface area contributed by atoms with Gasteiger partial charge in [0.15, 0.2) is 0 Å². The van der Waals surface area contributed by atoms with Gasteiger partial charge in [-0.15, -0.1) is 0 Å². The van der Waals surface area contributed by atoms with Crippen LogP contribution in [0.15, 0.2) is 22.9 Å². The smallest absolute Gasteiger partial charge is 0.260 e. The molecule has 168 valence electrons. The van der Waals surface area contributed by atoms with Crippen LogP contribution in [0.3, 0.4) is 0 Å². The first-order valence-corrected chi connectivity index (χ1v) is 11.4. The molecular formula is C26H32N4O2. The van der Waals surface area contributed by atoms with Gasteiger partial charge < -0.3 is 10.3 Å². The Kier molecular flexibility index (Phi) is 5.89. The molecule has 0 unspecified atom stereocenters. The van der Waals surface area contributed by atoms with E-state index in [4.69, 9.17) is 20.2 Å². The van der Waals surface area contributed by atoms with Gasteiger partial charge in [-0.3, -0.25) is 9.78 Å². The van der Waals surface area contributed by atoms with Crippen LogP contribution in [0, 0.1) is 19.3 Å². The molecule has 6 nitrogen and oxygen atoms in total. The maximum Gasteiger partial charge on any atom is 0.260 e. The third-order valence-corrected chi connectivity index (χ3v) is 6.66. The van der Waals surface area contributed by atoms with E-state index in [2.05, 4.69) is 25.9 Å². The third kappa shape index (κ3) is 4.31. The number of rotatable bonds is 6. The van der Waals surface area contributed by atoms with Crippen molar-refractivity contribution in [3.8, 4) is 22.8 Å². The maximum atomic E-state index is 11.2. The maximum absolute atomic E-state index is 11.2. The minimum Gasteiger partial charge on any atom is -0.370 e. The zero-order chi connectivity index (χ0) is 23.0. The minimum absolute atomic E-state index is 0.280. The zero-order valence-electron chi connectivity index (χ0n) is 19.7. The number of benzene rings is 1. The Morgan fingerprint density at radius 3 is 2.56 bits per heavy atom. The third-order valence-electron chi connectivity index (χ3n) is 6.66. The highest BCUT2D eigenvalue weighted by Gasteiger charge is 2.30. The van der Waals surface area contributed by atoms with Crippen LogP contribution < -0.4 is 5.73 Å². The summed E-state index contributed by atoms with van der Waals surface area (Å²) in [5.74, 6) is 0.807. The summed E-state index contributed by atoms with van der Waals surface area (Å²) >= 11 is 0. The van der Waals surface area contributed by atoms with E-state index < -0.39 is 0 Å². The van der Waals surface area contributed by atoms with Crippen LogP contribution in [0.25, 0.3) is 22.8 Å². The topological polar surface area (TPSA) is 94.9 Å². The van der Waals surface area contributed by atoms with Crippen LogP contribution in [0.1, 0.15) is 67.1 Å². The molecule has 2 aromatic heterocycles. The van der Waals surface area contributed by atoms with Crippen molar-refractivity contribution in [2.24, 2.45) is 11.1 Å². The van der Waals surface area contributed by atoms with Crippen molar-refractivity contribution < 1.29 is 9.32 Å². The van der Waals surface area contributed by atoms with E-state index in [9.17, 15) is 4.79 Å². The van der Waals surface area contributed by atoms with E-state index in [0.717, 1.165) is 53.5 Å². The predicted molar refractivity (Wildman–Crippen MR) is 125 cm³/mol. The van der Waals surface area contributed by atoms with Crippen LogP contribution in [-0.2, 0) is 30.5 Å². The van der Waals surface area contributed by atoms with Gasteiger partial charge in [-0.05, 0) is 91.3 Å². The molecule has 1 amide bonds. The van der Waals surface area contributed by atoms with Gasteiger partial charge in [0.05, 0.1) is 5.56 Å². The number of fused-ring (bicyclic) bond motifs is 1. The van der Waals surface area contributed by atoms with E-state index in [1.54, 1.807) is 0 Å². The van der Waals surface area contributed by atoms with Crippen molar-refractivity contribution in [3.63, 3.8) is 0 Å². The van der Waals surface area contributed by atoms with Crippen molar-refractivity contribution in [2.75, 3.05) is 0 Å². The molecule has 2 heterocycles. The SMILES string of the molecule is CCc1ncc(-c2nc(-c3cc(C)c(CCC(N)=O)c(C)c3)no2)c2c1CC(C)(C)CC2. The Labute approximate surface area is 189 Å². The van der Waals surface area contributed by atoms with Crippen LogP contribution in [0.4, 0.5) is 0 Å². The first-order valence-electron chi connectivity index (χ1n) is 11.4. The zero-order valence-corrected chi connectivity index (χ0v) is 19.7. The average molecular weight is 433 g/mol. The van der Waals surface area contributed by atoms with Gasteiger partial charge in [0, 0.05) is 23.9 Å². The lowest BCUT2D eigenvalue weighted by Gasteiger charge is -2.33. The number of nitrogens with zero attached hydrogens (tertiary/aromatic N) is 3. The summed E-state index contributed by atoms with van der Waals surface area (Å²) in [6.45, 7) is 10.9. The lowest BCUT2D eigenvalue weighted by molar-refractivity contribution is -0.117. The fourth-order valence-corrected chi connectivity index (χ4v) is 4.86. The number of hydrogen-bond acceptors (Lipinski definition) is 5. The minimum atomic E-state index is -0.287. The van der Waals surface area contributed by atoms with Crippen LogP contribution in [0.2, 0.25) is 0 Å². The molecular weight excluding hydrogens is 400 g/mol. The monoisotopic (exact) mass is 432 g/mol. The summed E-state index contributed by atoms with van der Waals surface area (Å²) in [4.78, 5) is 20.7. The second kappa shape index (κ2) is 8.49. The number of hydrogen-bond donors (Lipinski definition) is 1. The molecule has 3 aromatic rings. The molecule has 0 atom stereocenters. The lowest BCUT2D eigenvalue weighted by Crippen LogP contribution is -2.24. The summed E-state index contributed by atoms with van der Waals surface area (Å²) in [5, 5.41) is 4.28. The number of carbonyl (C=O) groups is 1. The van der Waals surface area contributed by atoms with Gasteiger partial charge in [-0.1, -0.05) is 25.9 Å². The quantitative estimate of drug-likeness (QED) is 0.597. The number of primary amides is 1. The molecule has 32 heavy (non-hydrogen) atoms. The fraction of sp³-hybridized carbons (Fsp3) is 0.462. The van der Waals surface area contributed by atoms with E-state index >= 15 is 0 Å². The largest absolute Gasteiger partial charge is 0.370 e. The van der Waals surface area contributed by atoms with Crippen molar-refractivity contribution in [1.82, 2.24) is 15.1 Å². The van der Waals surface area contributed by atoms with Gasteiger partial charge in [0.2, 0.25) is 11.7 Å². The van der Waals surface area contributed by atoms with Gasteiger partial charge >= 0.3 is 0 Å². The normalized spacial score (nSPS) is 14.9. The number of nitrogens with two attached hydrogens (primary N) is 1. The first kappa shape index (κ1) is 22.2. The van der Waals surface area contributed by atoms with Gasteiger partial charge in [-0.25, -0.2) is 0 Å². The molecule has 1 aliphatic carbocycles. The highest BCUT2D eigenvalue weighted by molar-refractivity contribution is 5.74. The van der Waals surface area contributed by atoms with Crippen molar-refractivity contribution in [3.05, 3.63) is 51.8 Å². The molecule has 1 aliphatic rings. The Morgan fingerprint density at radius 1 is 1.19 bits per heavy atom. The summed E-state index contributed by atoms with van der Waals surface area (Å²) in [6, 6.07) is 4.10. The lowest BCUT2D eigenvalue weighted by atomic mass is 9.73.